The van der Waals surface area contributed by atoms with Gasteiger partial charge < -0.3 is 14.4 Å². The molecule has 0 bridgehead atoms. The Hall–Kier alpha value is -3.27. The quantitative estimate of drug-likeness (QED) is 0.567. The largest absolute Gasteiger partial charge is 0.454 e. The Kier molecular flexibility index (Phi) is 4.14. The number of hydrogen-bond acceptors (Lipinski definition) is 3. The summed E-state index contributed by atoms with van der Waals surface area (Å²) in [6.45, 7) is 6.77. The number of nitrogens with zero attached hydrogens (tertiary/aromatic N) is 1. The van der Waals surface area contributed by atoms with Crippen LogP contribution in [0.4, 0.5) is 5.69 Å². The smallest absolute Gasteiger partial charge is 0.258 e. The summed E-state index contributed by atoms with van der Waals surface area (Å²) in [5.74, 6) is 1.28. The Morgan fingerprint density at radius 1 is 0.867 bits per heavy atom. The summed E-state index contributed by atoms with van der Waals surface area (Å²) in [7, 11) is 0. The van der Waals surface area contributed by atoms with Gasteiger partial charge in [-0.25, -0.2) is 0 Å². The molecule has 0 N–H and O–H groups in total. The van der Waals surface area contributed by atoms with E-state index < -0.39 is 0 Å². The summed E-state index contributed by atoms with van der Waals surface area (Å²) in [6.07, 6.45) is 0.817. The van der Waals surface area contributed by atoms with E-state index in [4.69, 9.17) is 9.47 Å². The van der Waals surface area contributed by atoms with Crippen LogP contribution in [0.5, 0.6) is 11.5 Å². The van der Waals surface area contributed by atoms with E-state index in [-0.39, 0.29) is 23.7 Å². The van der Waals surface area contributed by atoms with Crippen molar-refractivity contribution >= 4 is 11.6 Å². The highest BCUT2D eigenvalue weighted by Gasteiger charge is 2.47. The van der Waals surface area contributed by atoms with Crippen molar-refractivity contribution in [3.05, 3.63) is 89.5 Å². The molecule has 152 valence electrons. The van der Waals surface area contributed by atoms with Crippen LogP contribution in [0.1, 0.15) is 48.7 Å². The van der Waals surface area contributed by atoms with Gasteiger partial charge in [0.25, 0.3) is 5.91 Å². The van der Waals surface area contributed by atoms with Crippen LogP contribution in [0.15, 0.2) is 72.8 Å². The molecular formula is C26H25NO3. The number of ether oxygens (including phenoxy) is 2. The first-order chi connectivity index (χ1) is 14.4. The molecular weight excluding hydrogens is 374 g/mol. The summed E-state index contributed by atoms with van der Waals surface area (Å²) in [5, 5.41) is 0. The summed E-state index contributed by atoms with van der Waals surface area (Å²) >= 11 is 0. The first-order valence-electron chi connectivity index (χ1n) is 10.3. The molecule has 4 nitrogen and oxygen atoms in total. The van der Waals surface area contributed by atoms with Crippen LogP contribution in [0.2, 0.25) is 0 Å². The molecule has 0 fully saturated rings. The summed E-state index contributed by atoms with van der Waals surface area (Å²) < 4.78 is 10.9. The summed E-state index contributed by atoms with van der Waals surface area (Å²) in [6, 6.07) is 24.3. The van der Waals surface area contributed by atoms with E-state index in [0.29, 0.717) is 17.1 Å². The molecule has 2 aliphatic rings. The third-order valence-corrected chi connectivity index (χ3v) is 6.36. The van der Waals surface area contributed by atoms with Crippen LogP contribution in [0, 0.1) is 0 Å². The number of anilines is 1. The minimum absolute atomic E-state index is 0.0270. The lowest BCUT2D eigenvalue weighted by atomic mass is 9.65. The van der Waals surface area contributed by atoms with Crippen molar-refractivity contribution in [3.8, 4) is 11.5 Å². The number of para-hydroxylation sites is 1. The highest BCUT2D eigenvalue weighted by molar-refractivity contribution is 6.08. The molecule has 1 atom stereocenters. The van der Waals surface area contributed by atoms with Crippen molar-refractivity contribution in [2.45, 2.75) is 38.1 Å². The van der Waals surface area contributed by atoms with Gasteiger partial charge in [0.05, 0.1) is 0 Å². The van der Waals surface area contributed by atoms with Crippen molar-refractivity contribution in [1.82, 2.24) is 0 Å². The zero-order valence-electron chi connectivity index (χ0n) is 17.5. The van der Waals surface area contributed by atoms with E-state index in [9.17, 15) is 4.79 Å². The number of fused-ring (bicyclic) bond motifs is 2. The highest BCUT2D eigenvalue weighted by atomic mass is 16.7. The Labute approximate surface area is 177 Å². The monoisotopic (exact) mass is 399 g/mol. The van der Waals surface area contributed by atoms with E-state index in [1.54, 1.807) is 6.07 Å². The Bertz CT molecular complexity index is 1120. The molecule has 4 heteroatoms. The third-order valence-electron chi connectivity index (χ3n) is 6.36. The average Bonchev–Trinajstić information content (AvgIpc) is 3.21. The van der Waals surface area contributed by atoms with Crippen molar-refractivity contribution in [1.29, 1.82) is 0 Å². The molecule has 0 spiro atoms. The molecule has 0 unspecified atom stereocenters. The standard InChI is InChI=1S/C26H25NO3/c1-25(2)16-26(3,19-9-5-4-6-10-19)20-11-7-8-12-21(20)27(25)24(28)18-13-14-22-23(15-18)30-17-29-22/h4-15H,16-17H2,1-3H3/t26-/m1/s1. The lowest BCUT2D eigenvalue weighted by Crippen LogP contribution is -2.55. The van der Waals surface area contributed by atoms with E-state index in [0.717, 1.165) is 12.1 Å². The molecule has 0 saturated heterocycles. The van der Waals surface area contributed by atoms with Crippen LogP contribution in [0.3, 0.4) is 0 Å². The predicted octanol–water partition coefficient (Wildman–Crippen LogP) is 5.55. The predicted molar refractivity (Wildman–Crippen MR) is 117 cm³/mol. The highest BCUT2D eigenvalue weighted by Crippen LogP contribution is 2.50. The van der Waals surface area contributed by atoms with E-state index in [1.807, 2.05) is 29.2 Å². The van der Waals surface area contributed by atoms with Crippen molar-refractivity contribution in [3.63, 3.8) is 0 Å². The lowest BCUT2D eigenvalue weighted by molar-refractivity contribution is 0.0948. The van der Waals surface area contributed by atoms with Crippen molar-refractivity contribution in [2.24, 2.45) is 0 Å². The van der Waals surface area contributed by atoms with E-state index >= 15 is 0 Å². The van der Waals surface area contributed by atoms with Crippen LogP contribution in [0.25, 0.3) is 0 Å². The topological polar surface area (TPSA) is 38.8 Å². The molecule has 30 heavy (non-hydrogen) atoms. The Morgan fingerprint density at radius 3 is 2.37 bits per heavy atom. The first-order valence-corrected chi connectivity index (χ1v) is 10.3. The van der Waals surface area contributed by atoms with E-state index in [1.165, 1.54) is 11.1 Å². The fraction of sp³-hybridized carbons (Fsp3) is 0.269. The maximum absolute atomic E-state index is 13.8. The number of hydrogen-bond donors (Lipinski definition) is 0. The van der Waals surface area contributed by atoms with Gasteiger partial charge in [0.15, 0.2) is 11.5 Å². The normalized spacial score (nSPS) is 21.2. The molecule has 0 aromatic heterocycles. The molecule has 0 aliphatic carbocycles. The minimum Gasteiger partial charge on any atom is -0.454 e. The molecule has 0 saturated carbocycles. The van der Waals surface area contributed by atoms with Crippen molar-refractivity contribution in [2.75, 3.05) is 11.7 Å². The number of rotatable bonds is 2. The zero-order chi connectivity index (χ0) is 20.9. The zero-order valence-corrected chi connectivity index (χ0v) is 17.5. The number of carbonyl (C=O) groups is 1. The van der Waals surface area contributed by atoms with Crippen molar-refractivity contribution < 1.29 is 14.3 Å². The second kappa shape index (κ2) is 6.63. The summed E-state index contributed by atoms with van der Waals surface area (Å²) in [4.78, 5) is 15.7. The lowest BCUT2D eigenvalue weighted by Gasteiger charge is -2.51. The number of benzene rings is 3. The SMILES string of the molecule is CC1(C)C[C@](C)(c2ccccc2)c2ccccc2N1C(=O)c1ccc2c(c1)OCO2. The maximum atomic E-state index is 13.8. The average molecular weight is 399 g/mol. The maximum Gasteiger partial charge on any atom is 0.258 e. The van der Waals surface area contributed by atoms with Gasteiger partial charge >= 0.3 is 0 Å². The first kappa shape index (κ1) is 18.7. The van der Waals surface area contributed by atoms with E-state index in [2.05, 4.69) is 63.2 Å². The van der Waals surface area contributed by atoms with Gasteiger partial charge in [-0.15, -0.1) is 0 Å². The van der Waals surface area contributed by atoms with Crippen LogP contribution in [-0.2, 0) is 5.41 Å². The molecule has 5 rings (SSSR count). The van der Waals surface area contributed by atoms with Gasteiger partial charge in [0.1, 0.15) is 0 Å². The second-order valence-electron chi connectivity index (χ2n) is 8.91. The Morgan fingerprint density at radius 2 is 1.57 bits per heavy atom. The van der Waals surface area contributed by atoms with Gasteiger partial charge in [0, 0.05) is 22.2 Å². The third kappa shape index (κ3) is 2.78. The van der Waals surface area contributed by atoms with Gasteiger partial charge in [-0.3, -0.25) is 4.79 Å². The van der Waals surface area contributed by atoms with Gasteiger partial charge in [0.2, 0.25) is 6.79 Å². The molecule has 0 radical (unpaired) electrons. The molecule has 3 aromatic carbocycles. The van der Waals surface area contributed by atoms with Crippen LogP contribution < -0.4 is 14.4 Å². The fourth-order valence-electron chi connectivity index (χ4n) is 5.11. The number of amides is 1. The molecule has 2 aliphatic heterocycles. The molecule has 1 amide bonds. The van der Waals surface area contributed by atoms with Gasteiger partial charge in [-0.05, 0) is 55.7 Å². The number of carbonyl (C=O) groups excluding carboxylic acids is 1. The van der Waals surface area contributed by atoms with Crippen LogP contribution >= 0.6 is 0 Å². The molecule has 3 aromatic rings. The van der Waals surface area contributed by atoms with Gasteiger partial charge in [-0.1, -0.05) is 55.5 Å². The minimum atomic E-state index is -0.383. The summed E-state index contributed by atoms with van der Waals surface area (Å²) in [5.41, 5.74) is 3.43. The van der Waals surface area contributed by atoms with Gasteiger partial charge in [-0.2, -0.15) is 0 Å². The Balaban J connectivity index is 1.64. The second-order valence-corrected chi connectivity index (χ2v) is 8.91. The van der Waals surface area contributed by atoms with Crippen LogP contribution in [-0.4, -0.2) is 18.2 Å². The molecule has 2 heterocycles. The fourth-order valence-corrected chi connectivity index (χ4v) is 5.11.